The van der Waals surface area contributed by atoms with Crippen LogP contribution < -0.4 is 5.84 Å². The summed E-state index contributed by atoms with van der Waals surface area (Å²) in [5.74, 6) is 4.94. The molecule has 0 heterocycles. The molecule has 68 valence electrons. The van der Waals surface area contributed by atoms with Gasteiger partial charge in [-0.1, -0.05) is 0 Å². The van der Waals surface area contributed by atoms with Crippen molar-refractivity contribution in [3.05, 3.63) is 39.4 Å². The lowest BCUT2D eigenvalue weighted by Gasteiger charge is -1.97. The van der Waals surface area contributed by atoms with Gasteiger partial charge in [-0.2, -0.15) is 5.10 Å². The average Bonchev–Trinajstić information content (AvgIpc) is 2.04. The van der Waals surface area contributed by atoms with E-state index in [4.69, 9.17) is 5.84 Å². The lowest BCUT2D eigenvalue weighted by molar-refractivity contribution is -0.385. The Morgan fingerprint density at radius 1 is 1.62 bits per heavy atom. The number of nitro groups is 1. The topological polar surface area (TPSA) is 81.5 Å². The summed E-state index contributed by atoms with van der Waals surface area (Å²) >= 11 is 0. The number of nitrogens with two attached hydrogens (primary N) is 1. The normalized spacial score (nSPS) is 10.5. The molecule has 1 aromatic carbocycles. The molecule has 0 unspecified atom stereocenters. The maximum atomic E-state index is 10.4. The minimum Gasteiger partial charge on any atom is -0.323 e. The monoisotopic (exact) mass is 179 g/mol. The summed E-state index contributed by atoms with van der Waals surface area (Å²) < 4.78 is 0. The molecule has 0 bridgehead atoms. The summed E-state index contributed by atoms with van der Waals surface area (Å²) in [4.78, 5) is 10.0. The highest BCUT2D eigenvalue weighted by Gasteiger charge is 2.08. The van der Waals surface area contributed by atoms with Crippen LogP contribution in [0.15, 0.2) is 23.3 Å². The second-order valence-electron chi connectivity index (χ2n) is 2.58. The Balaban J connectivity index is 3.12. The van der Waals surface area contributed by atoms with Crippen molar-refractivity contribution in [2.75, 3.05) is 0 Å². The van der Waals surface area contributed by atoms with E-state index in [1.54, 1.807) is 19.1 Å². The fraction of sp³-hybridized carbons (Fsp3) is 0.125. The van der Waals surface area contributed by atoms with Crippen LogP contribution in [0.5, 0.6) is 0 Å². The molecular formula is C8H9N3O2. The van der Waals surface area contributed by atoms with Crippen molar-refractivity contribution >= 4 is 11.9 Å². The summed E-state index contributed by atoms with van der Waals surface area (Å²) in [5.41, 5.74) is 1.46. The van der Waals surface area contributed by atoms with E-state index in [2.05, 4.69) is 5.10 Å². The van der Waals surface area contributed by atoms with Gasteiger partial charge < -0.3 is 5.84 Å². The van der Waals surface area contributed by atoms with Crippen molar-refractivity contribution in [3.63, 3.8) is 0 Å². The molecule has 0 aliphatic heterocycles. The molecule has 0 radical (unpaired) electrons. The molecule has 0 fully saturated rings. The smallest absolute Gasteiger partial charge is 0.272 e. The van der Waals surface area contributed by atoms with Crippen LogP contribution in [0.3, 0.4) is 0 Å². The Morgan fingerprint density at radius 3 is 2.77 bits per heavy atom. The summed E-state index contributed by atoms with van der Waals surface area (Å²) in [6.07, 6.45) is 1.44. The first-order valence-corrected chi connectivity index (χ1v) is 3.63. The quantitative estimate of drug-likeness (QED) is 0.320. The molecule has 5 nitrogen and oxygen atoms in total. The Hall–Kier alpha value is -1.91. The molecule has 0 aromatic heterocycles. The van der Waals surface area contributed by atoms with Crippen LogP contribution >= 0.6 is 0 Å². The zero-order valence-electron chi connectivity index (χ0n) is 7.10. The molecule has 5 heteroatoms. The van der Waals surface area contributed by atoms with E-state index in [9.17, 15) is 10.1 Å². The Bertz CT molecular complexity index is 360. The first kappa shape index (κ1) is 9.18. The number of benzene rings is 1. The van der Waals surface area contributed by atoms with Gasteiger partial charge in [0.1, 0.15) is 0 Å². The van der Waals surface area contributed by atoms with Crippen molar-refractivity contribution < 1.29 is 4.92 Å². The van der Waals surface area contributed by atoms with Gasteiger partial charge in [0.2, 0.25) is 0 Å². The second-order valence-corrected chi connectivity index (χ2v) is 2.58. The van der Waals surface area contributed by atoms with Crippen molar-refractivity contribution in [2.45, 2.75) is 6.92 Å². The number of hydrogen-bond acceptors (Lipinski definition) is 4. The summed E-state index contributed by atoms with van der Waals surface area (Å²) in [6.45, 7) is 1.67. The van der Waals surface area contributed by atoms with Gasteiger partial charge >= 0.3 is 0 Å². The van der Waals surface area contributed by atoms with Crippen molar-refractivity contribution in [3.8, 4) is 0 Å². The van der Waals surface area contributed by atoms with Crippen molar-refractivity contribution in [1.82, 2.24) is 0 Å². The highest BCUT2D eigenvalue weighted by atomic mass is 16.6. The molecule has 13 heavy (non-hydrogen) atoms. The molecule has 0 atom stereocenters. The van der Waals surface area contributed by atoms with Crippen LogP contribution in [0.1, 0.15) is 11.1 Å². The molecule has 0 saturated heterocycles. The van der Waals surface area contributed by atoms with Crippen molar-refractivity contribution in [2.24, 2.45) is 10.9 Å². The van der Waals surface area contributed by atoms with Crippen LogP contribution in [0.4, 0.5) is 5.69 Å². The van der Waals surface area contributed by atoms with Crippen molar-refractivity contribution in [1.29, 1.82) is 0 Å². The zero-order valence-corrected chi connectivity index (χ0v) is 7.10. The second kappa shape index (κ2) is 3.66. The van der Waals surface area contributed by atoms with Gasteiger partial charge in [0.15, 0.2) is 0 Å². The lowest BCUT2D eigenvalue weighted by atomic mass is 10.1. The van der Waals surface area contributed by atoms with Crippen LogP contribution in [-0.2, 0) is 0 Å². The van der Waals surface area contributed by atoms with Crippen LogP contribution in [0.2, 0.25) is 0 Å². The molecule has 1 rings (SSSR count). The van der Waals surface area contributed by atoms with Crippen LogP contribution in [0.25, 0.3) is 0 Å². The molecule has 0 spiro atoms. The van der Waals surface area contributed by atoms with Gasteiger partial charge in [0, 0.05) is 11.6 Å². The molecule has 0 saturated carbocycles. The predicted molar refractivity (Wildman–Crippen MR) is 49.6 cm³/mol. The number of aryl methyl sites for hydroxylation is 1. The summed E-state index contributed by atoms with van der Waals surface area (Å²) in [5, 5.41) is 13.8. The third kappa shape index (κ3) is 2.02. The maximum Gasteiger partial charge on any atom is 0.272 e. The lowest BCUT2D eigenvalue weighted by Crippen LogP contribution is -1.93. The van der Waals surface area contributed by atoms with Gasteiger partial charge in [-0.3, -0.25) is 10.1 Å². The Labute approximate surface area is 75.0 Å². The fourth-order valence-corrected chi connectivity index (χ4v) is 1.05. The molecule has 0 amide bonds. The van der Waals surface area contributed by atoms with Gasteiger partial charge in [-0.25, -0.2) is 0 Å². The molecule has 0 aliphatic rings. The molecular weight excluding hydrogens is 170 g/mol. The number of rotatable bonds is 2. The minimum absolute atomic E-state index is 0.106. The Kier molecular flexibility index (Phi) is 2.59. The minimum atomic E-state index is -0.418. The zero-order chi connectivity index (χ0) is 9.84. The third-order valence-corrected chi connectivity index (χ3v) is 1.64. The van der Waals surface area contributed by atoms with Crippen LogP contribution in [-0.4, -0.2) is 11.1 Å². The van der Waals surface area contributed by atoms with Gasteiger partial charge in [0.25, 0.3) is 5.69 Å². The van der Waals surface area contributed by atoms with Gasteiger partial charge in [-0.15, -0.1) is 0 Å². The number of hydrazone groups is 1. The van der Waals surface area contributed by atoms with E-state index in [1.807, 2.05) is 0 Å². The van der Waals surface area contributed by atoms with E-state index in [-0.39, 0.29) is 5.69 Å². The first-order valence-electron chi connectivity index (χ1n) is 3.63. The first-order chi connectivity index (χ1) is 6.15. The maximum absolute atomic E-state index is 10.4. The largest absolute Gasteiger partial charge is 0.323 e. The SMILES string of the molecule is Cc1cc(/C=N/N)ccc1[N+](=O)[O-]. The fourth-order valence-electron chi connectivity index (χ4n) is 1.05. The highest BCUT2D eigenvalue weighted by molar-refractivity contribution is 5.80. The van der Waals surface area contributed by atoms with E-state index < -0.39 is 4.92 Å². The van der Waals surface area contributed by atoms with Crippen LogP contribution in [0, 0.1) is 17.0 Å². The van der Waals surface area contributed by atoms with E-state index in [0.29, 0.717) is 5.56 Å². The summed E-state index contributed by atoms with van der Waals surface area (Å²) in [6, 6.07) is 4.70. The van der Waals surface area contributed by atoms with E-state index >= 15 is 0 Å². The number of nitrogens with zero attached hydrogens (tertiary/aromatic N) is 2. The van der Waals surface area contributed by atoms with E-state index in [0.717, 1.165) is 5.56 Å². The molecule has 2 N–H and O–H groups in total. The third-order valence-electron chi connectivity index (χ3n) is 1.64. The Morgan fingerprint density at radius 2 is 2.31 bits per heavy atom. The average molecular weight is 179 g/mol. The van der Waals surface area contributed by atoms with Gasteiger partial charge in [0.05, 0.1) is 11.1 Å². The predicted octanol–water partition coefficient (Wildman–Crippen LogP) is 1.20. The van der Waals surface area contributed by atoms with E-state index in [1.165, 1.54) is 12.3 Å². The highest BCUT2D eigenvalue weighted by Crippen LogP contribution is 2.17. The number of nitro benzene ring substituents is 1. The molecule has 0 aliphatic carbocycles. The summed E-state index contributed by atoms with van der Waals surface area (Å²) in [7, 11) is 0. The number of hydrogen-bond donors (Lipinski definition) is 1. The standard InChI is InChI=1S/C8H9N3O2/c1-6-4-7(5-10-9)2-3-8(6)11(12)13/h2-5H,9H2,1H3/b10-5+. The molecule has 1 aromatic rings. The van der Waals surface area contributed by atoms with Gasteiger partial charge in [-0.05, 0) is 24.6 Å².